The molecule has 2 N–H and O–H groups in total. The number of nitrogens with zero attached hydrogens (tertiary/aromatic N) is 2. The lowest BCUT2D eigenvalue weighted by atomic mass is 10.1. The van der Waals surface area contributed by atoms with E-state index >= 15 is 0 Å². The molecule has 1 atom stereocenters. The van der Waals surface area contributed by atoms with Crippen LogP contribution in [0.15, 0.2) is 24.3 Å². The Balaban J connectivity index is 1.75. The minimum atomic E-state index is -0.136. The Kier molecular flexibility index (Phi) is 7.20. The van der Waals surface area contributed by atoms with Gasteiger partial charge in [-0.25, -0.2) is 4.79 Å². The third-order valence-corrected chi connectivity index (χ3v) is 4.90. The van der Waals surface area contributed by atoms with E-state index in [-0.39, 0.29) is 6.03 Å². The Bertz CT molecular complexity index is 494. The predicted octanol–water partition coefficient (Wildman–Crippen LogP) is 1.96. The molecule has 0 spiro atoms. The number of anilines is 1. The first-order valence-corrected chi connectivity index (χ1v) is 9.49. The summed E-state index contributed by atoms with van der Waals surface area (Å²) in [7, 11) is 4.24. The van der Waals surface area contributed by atoms with E-state index in [2.05, 4.69) is 52.9 Å². The number of nitrogens with one attached hydrogen (secondary N) is 2. The molecule has 1 aliphatic heterocycles. The van der Waals surface area contributed by atoms with E-state index in [0.29, 0.717) is 12.6 Å². The van der Waals surface area contributed by atoms with Crippen LogP contribution >= 0.6 is 11.8 Å². The summed E-state index contributed by atoms with van der Waals surface area (Å²) in [4.78, 5) is 16.7. The number of carbonyl (C=O) groups is 1. The minimum absolute atomic E-state index is 0.136. The molecule has 0 bridgehead atoms. The smallest absolute Gasteiger partial charge is 0.319 e. The number of hydrogen-bond acceptors (Lipinski definition) is 4. The molecule has 2 amide bonds. The molecule has 5 nitrogen and oxygen atoms in total. The highest BCUT2D eigenvalue weighted by molar-refractivity contribution is 7.98. The number of hydrogen-bond donors (Lipinski definition) is 2. The van der Waals surface area contributed by atoms with Gasteiger partial charge in [-0.3, -0.25) is 4.90 Å². The molecule has 128 valence electrons. The highest BCUT2D eigenvalue weighted by Crippen LogP contribution is 2.11. The van der Waals surface area contributed by atoms with Gasteiger partial charge in [-0.2, -0.15) is 11.8 Å². The standard InChI is InChI=1S/C17H28N4OS/c1-20-9-10-21(2)16(13-20)12-18-17(22)19-15-6-4-14(5-7-15)8-11-23-3/h4-7,16H,8-13H2,1-3H3,(H2,18,19,22). The SMILES string of the molecule is CSCCc1ccc(NC(=O)NCC2CN(C)CCN2C)cc1. The minimum Gasteiger partial charge on any atom is -0.336 e. The number of urea groups is 1. The van der Waals surface area contributed by atoms with Crippen molar-refractivity contribution in [1.29, 1.82) is 0 Å². The molecule has 1 saturated heterocycles. The van der Waals surface area contributed by atoms with Crippen LogP contribution in [0.3, 0.4) is 0 Å². The number of amides is 2. The van der Waals surface area contributed by atoms with Crippen molar-refractivity contribution in [3.63, 3.8) is 0 Å². The summed E-state index contributed by atoms with van der Waals surface area (Å²) in [5.74, 6) is 1.12. The lowest BCUT2D eigenvalue weighted by Gasteiger charge is -2.37. The predicted molar refractivity (Wildman–Crippen MR) is 99.5 cm³/mol. The summed E-state index contributed by atoms with van der Waals surface area (Å²) in [5.41, 5.74) is 2.14. The van der Waals surface area contributed by atoms with Crippen LogP contribution in [0.25, 0.3) is 0 Å². The maximum atomic E-state index is 12.0. The third kappa shape index (κ3) is 6.05. The quantitative estimate of drug-likeness (QED) is 0.834. The molecule has 1 aromatic carbocycles. The van der Waals surface area contributed by atoms with Crippen LogP contribution in [0, 0.1) is 0 Å². The zero-order valence-corrected chi connectivity index (χ0v) is 15.2. The molecular weight excluding hydrogens is 308 g/mol. The number of thioether (sulfide) groups is 1. The molecule has 0 radical (unpaired) electrons. The maximum Gasteiger partial charge on any atom is 0.319 e. The van der Waals surface area contributed by atoms with Crippen molar-refractivity contribution in [2.45, 2.75) is 12.5 Å². The average Bonchev–Trinajstić information content (AvgIpc) is 2.55. The first kappa shape index (κ1) is 18.1. The molecule has 1 fully saturated rings. The van der Waals surface area contributed by atoms with E-state index < -0.39 is 0 Å². The average molecular weight is 337 g/mol. The van der Waals surface area contributed by atoms with Crippen molar-refractivity contribution in [1.82, 2.24) is 15.1 Å². The topological polar surface area (TPSA) is 47.6 Å². The molecule has 0 aliphatic carbocycles. The molecule has 1 heterocycles. The summed E-state index contributed by atoms with van der Waals surface area (Å²) in [6, 6.07) is 8.33. The Labute approximate surface area is 143 Å². The van der Waals surface area contributed by atoms with Gasteiger partial charge < -0.3 is 15.5 Å². The van der Waals surface area contributed by atoms with Crippen molar-refractivity contribution in [2.75, 3.05) is 57.6 Å². The Morgan fingerprint density at radius 2 is 2.00 bits per heavy atom. The van der Waals surface area contributed by atoms with Gasteiger partial charge in [-0.15, -0.1) is 0 Å². The van der Waals surface area contributed by atoms with Crippen molar-refractivity contribution in [3.05, 3.63) is 29.8 Å². The van der Waals surface area contributed by atoms with Crippen molar-refractivity contribution < 1.29 is 4.79 Å². The van der Waals surface area contributed by atoms with Crippen LogP contribution in [0.5, 0.6) is 0 Å². The van der Waals surface area contributed by atoms with Crippen LogP contribution in [0.2, 0.25) is 0 Å². The van der Waals surface area contributed by atoms with Crippen LogP contribution < -0.4 is 10.6 Å². The summed E-state index contributed by atoms with van der Waals surface area (Å²) < 4.78 is 0. The third-order valence-electron chi connectivity index (χ3n) is 4.29. The first-order chi connectivity index (χ1) is 11.1. The number of benzene rings is 1. The lowest BCUT2D eigenvalue weighted by molar-refractivity contribution is 0.115. The molecule has 1 aromatic rings. The van der Waals surface area contributed by atoms with Gasteiger partial charge in [-0.1, -0.05) is 12.1 Å². The second-order valence-corrected chi connectivity index (χ2v) is 7.16. The number of likely N-dealkylation sites (N-methyl/N-ethyl adjacent to an activating group) is 2. The van der Waals surface area contributed by atoms with Gasteiger partial charge in [0.1, 0.15) is 0 Å². The summed E-state index contributed by atoms with van der Waals surface area (Å²) in [6.45, 7) is 3.78. The first-order valence-electron chi connectivity index (χ1n) is 8.10. The van der Waals surface area contributed by atoms with Crippen molar-refractivity contribution in [3.8, 4) is 0 Å². The molecule has 2 rings (SSSR count). The van der Waals surface area contributed by atoms with E-state index in [1.54, 1.807) is 0 Å². The zero-order chi connectivity index (χ0) is 16.7. The molecule has 0 saturated carbocycles. The Morgan fingerprint density at radius 1 is 1.26 bits per heavy atom. The van der Waals surface area contributed by atoms with Gasteiger partial charge in [0.05, 0.1) is 0 Å². The molecule has 23 heavy (non-hydrogen) atoms. The number of aryl methyl sites for hydroxylation is 1. The van der Waals surface area contributed by atoms with Crippen molar-refractivity contribution in [2.24, 2.45) is 0 Å². The molecular formula is C17H28N4OS. The molecule has 1 aliphatic rings. The summed E-state index contributed by atoms with van der Waals surface area (Å²) in [6.07, 6.45) is 3.18. The normalized spacial score (nSPS) is 19.5. The fraction of sp³-hybridized carbons (Fsp3) is 0.588. The van der Waals surface area contributed by atoms with Gasteiger partial charge >= 0.3 is 6.03 Å². The van der Waals surface area contributed by atoms with Crippen LogP contribution in [0.1, 0.15) is 5.56 Å². The number of piperazine rings is 1. The van der Waals surface area contributed by atoms with Gasteiger partial charge in [0.15, 0.2) is 0 Å². The zero-order valence-electron chi connectivity index (χ0n) is 14.3. The molecule has 0 aromatic heterocycles. The monoisotopic (exact) mass is 336 g/mol. The summed E-state index contributed by atoms with van der Waals surface area (Å²) >= 11 is 1.84. The number of rotatable bonds is 6. The maximum absolute atomic E-state index is 12.0. The van der Waals surface area contributed by atoms with Gasteiger partial charge in [0, 0.05) is 37.9 Å². The van der Waals surface area contributed by atoms with E-state index in [1.165, 1.54) is 5.56 Å². The fourth-order valence-corrected chi connectivity index (χ4v) is 3.12. The van der Waals surface area contributed by atoms with E-state index in [4.69, 9.17) is 0 Å². The molecule has 6 heteroatoms. The highest BCUT2D eigenvalue weighted by Gasteiger charge is 2.22. The van der Waals surface area contributed by atoms with E-state index in [9.17, 15) is 4.79 Å². The lowest BCUT2D eigenvalue weighted by Crippen LogP contribution is -2.54. The molecule has 1 unspecified atom stereocenters. The van der Waals surface area contributed by atoms with Crippen LogP contribution in [-0.4, -0.2) is 74.2 Å². The highest BCUT2D eigenvalue weighted by atomic mass is 32.2. The fourth-order valence-electron chi connectivity index (χ4n) is 2.68. The van der Waals surface area contributed by atoms with E-state index in [1.807, 2.05) is 23.9 Å². The largest absolute Gasteiger partial charge is 0.336 e. The van der Waals surface area contributed by atoms with E-state index in [0.717, 1.165) is 37.5 Å². The second kappa shape index (κ2) is 9.15. The Morgan fingerprint density at radius 3 is 2.70 bits per heavy atom. The van der Waals surface area contributed by atoms with Crippen molar-refractivity contribution >= 4 is 23.5 Å². The van der Waals surface area contributed by atoms with Crippen LogP contribution in [-0.2, 0) is 6.42 Å². The van der Waals surface area contributed by atoms with Gasteiger partial charge in [0.25, 0.3) is 0 Å². The second-order valence-electron chi connectivity index (χ2n) is 6.17. The van der Waals surface area contributed by atoms with Gasteiger partial charge in [-0.05, 0) is 50.2 Å². The van der Waals surface area contributed by atoms with Crippen LogP contribution in [0.4, 0.5) is 10.5 Å². The Hall–Kier alpha value is -1.24. The number of carbonyl (C=O) groups excluding carboxylic acids is 1. The van der Waals surface area contributed by atoms with Gasteiger partial charge in [0.2, 0.25) is 0 Å². The summed E-state index contributed by atoms with van der Waals surface area (Å²) in [5, 5.41) is 5.88.